The normalized spacial score (nSPS) is 12.4. The van der Waals surface area contributed by atoms with Crippen LogP contribution in [0.4, 0.5) is 0 Å². The second kappa shape index (κ2) is 5.43. The van der Waals surface area contributed by atoms with Gasteiger partial charge in [0, 0.05) is 23.3 Å². The average Bonchev–Trinajstić information content (AvgIpc) is 2.32. The van der Waals surface area contributed by atoms with Gasteiger partial charge in [0.1, 0.15) is 0 Å². The van der Waals surface area contributed by atoms with Gasteiger partial charge in [-0.15, -0.1) is 0 Å². The van der Waals surface area contributed by atoms with E-state index in [1.165, 1.54) is 0 Å². The summed E-state index contributed by atoms with van der Waals surface area (Å²) in [6.45, 7) is 1.98. The molecule has 3 heteroatoms. The van der Waals surface area contributed by atoms with Gasteiger partial charge in [0.25, 0.3) is 0 Å². The monoisotopic (exact) mass is 291 g/mol. The maximum absolute atomic E-state index is 10.1. The van der Waals surface area contributed by atoms with Crippen molar-refractivity contribution in [3.63, 3.8) is 0 Å². The molecule has 0 aliphatic heterocycles. The molecule has 1 aromatic carbocycles. The molecule has 1 N–H and O–H groups in total. The lowest BCUT2D eigenvalue weighted by Crippen LogP contribution is -2.02. The lowest BCUT2D eigenvalue weighted by atomic mass is 10.0. The topological polar surface area (TPSA) is 33.1 Å². The van der Waals surface area contributed by atoms with Crippen LogP contribution < -0.4 is 0 Å². The first kappa shape index (κ1) is 12.3. The fraction of sp³-hybridized carbons (Fsp3) is 0.214. The van der Waals surface area contributed by atoms with E-state index in [0.29, 0.717) is 6.42 Å². The number of hydrogen-bond donors (Lipinski definition) is 1. The summed E-state index contributed by atoms with van der Waals surface area (Å²) in [6, 6.07) is 9.96. The zero-order valence-corrected chi connectivity index (χ0v) is 11.2. The molecule has 2 rings (SSSR count). The summed E-state index contributed by atoms with van der Waals surface area (Å²) < 4.78 is 1.05. The van der Waals surface area contributed by atoms with Gasteiger partial charge in [-0.25, -0.2) is 0 Å². The number of hydrogen-bond acceptors (Lipinski definition) is 2. The molecule has 2 nitrogen and oxygen atoms in total. The number of aryl methyl sites for hydroxylation is 1. The molecule has 0 aliphatic rings. The van der Waals surface area contributed by atoms with E-state index in [-0.39, 0.29) is 0 Å². The molecule has 0 bridgehead atoms. The lowest BCUT2D eigenvalue weighted by Gasteiger charge is -2.11. The molecule has 1 aromatic heterocycles. The van der Waals surface area contributed by atoms with Crippen molar-refractivity contribution in [1.29, 1.82) is 0 Å². The minimum Gasteiger partial charge on any atom is -0.388 e. The number of aliphatic hydroxyl groups is 1. The average molecular weight is 292 g/mol. The predicted molar refractivity (Wildman–Crippen MR) is 71.8 cm³/mol. The van der Waals surface area contributed by atoms with E-state index in [9.17, 15) is 5.11 Å². The van der Waals surface area contributed by atoms with Crippen LogP contribution in [-0.2, 0) is 6.42 Å². The lowest BCUT2D eigenvalue weighted by molar-refractivity contribution is 0.178. The van der Waals surface area contributed by atoms with Crippen molar-refractivity contribution in [1.82, 2.24) is 4.98 Å². The first-order valence-electron chi connectivity index (χ1n) is 5.49. The minimum atomic E-state index is -0.497. The molecule has 0 saturated heterocycles. The van der Waals surface area contributed by atoms with E-state index in [1.807, 2.05) is 37.3 Å². The van der Waals surface area contributed by atoms with Gasteiger partial charge in [0.2, 0.25) is 0 Å². The number of benzene rings is 1. The van der Waals surface area contributed by atoms with Crippen LogP contribution >= 0.6 is 15.9 Å². The maximum atomic E-state index is 10.1. The van der Waals surface area contributed by atoms with Crippen LogP contribution in [0, 0.1) is 6.92 Å². The molecular formula is C14H14BrNO. The third-order valence-corrected chi connectivity index (χ3v) is 3.15. The van der Waals surface area contributed by atoms with E-state index in [4.69, 9.17) is 0 Å². The van der Waals surface area contributed by atoms with Crippen molar-refractivity contribution in [2.45, 2.75) is 19.4 Å². The highest BCUT2D eigenvalue weighted by Gasteiger charge is 2.09. The van der Waals surface area contributed by atoms with Crippen molar-refractivity contribution < 1.29 is 5.11 Å². The van der Waals surface area contributed by atoms with Gasteiger partial charge < -0.3 is 5.11 Å². The second-order valence-corrected chi connectivity index (χ2v) is 5.06. The van der Waals surface area contributed by atoms with E-state index in [2.05, 4.69) is 20.9 Å². The summed E-state index contributed by atoms with van der Waals surface area (Å²) >= 11 is 3.39. The van der Waals surface area contributed by atoms with Crippen molar-refractivity contribution in [2.24, 2.45) is 0 Å². The molecule has 1 atom stereocenters. The minimum absolute atomic E-state index is 0.497. The Bertz CT molecular complexity index is 496. The Morgan fingerprint density at radius 2 is 1.94 bits per heavy atom. The Labute approximate surface area is 109 Å². The van der Waals surface area contributed by atoms with E-state index >= 15 is 0 Å². The number of halogens is 1. The van der Waals surface area contributed by atoms with Crippen molar-refractivity contribution in [3.8, 4) is 0 Å². The molecular weight excluding hydrogens is 278 g/mol. The molecule has 1 heterocycles. The number of pyridine rings is 1. The Balaban J connectivity index is 2.11. The van der Waals surface area contributed by atoms with Gasteiger partial charge in [-0.2, -0.15) is 0 Å². The standard InChI is InChI=1S/C14H14BrNO/c1-10-6-12(9-16-8-10)14(17)7-11-2-4-13(15)5-3-11/h2-6,8-9,14,17H,7H2,1H3. The van der Waals surface area contributed by atoms with Gasteiger partial charge in [0.15, 0.2) is 0 Å². The Morgan fingerprint density at radius 1 is 1.24 bits per heavy atom. The summed E-state index contributed by atoms with van der Waals surface area (Å²) in [5.74, 6) is 0. The highest BCUT2D eigenvalue weighted by atomic mass is 79.9. The SMILES string of the molecule is Cc1cncc(C(O)Cc2ccc(Br)cc2)c1. The van der Waals surface area contributed by atoms with Gasteiger partial charge in [-0.3, -0.25) is 4.98 Å². The molecule has 0 fully saturated rings. The molecule has 0 aliphatic carbocycles. The molecule has 17 heavy (non-hydrogen) atoms. The van der Waals surface area contributed by atoms with Crippen LogP contribution in [0.2, 0.25) is 0 Å². The quantitative estimate of drug-likeness (QED) is 0.940. The zero-order chi connectivity index (χ0) is 12.3. The van der Waals surface area contributed by atoms with Crippen molar-refractivity contribution >= 4 is 15.9 Å². The van der Waals surface area contributed by atoms with E-state index in [0.717, 1.165) is 21.2 Å². The van der Waals surface area contributed by atoms with Crippen LogP contribution in [0.1, 0.15) is 22.8 Å². The Hall–Kier alpha value is -1.19. The third kappa shape index (κ3) is 3.38. The van der Waals surface area contributed by atoms with Gasteiger partial charge in [-0.1, -0.05) is 34.1 Å². The smallest absolute Gasteiger partial charge is 0.0845 e. The molecule has 2 aromatic rings. The zero-order valence-electron chi connectivity index (χ0n) is 9.60. The molecule has 0 amide bonds. The Kier molecular flexibility index (Phi) is 3.92. The number of aliphatic hydroxyl groups excluding tert-OH is 1. The fourth-order valence-electron chi connectivity index (χ4n) is 1.72. The predicted octanol–water partition coefficient (Wildman–Crippen LogP) is 3.43. The number of rotatable bonds is 3. The van der Waals surface area contributed by atoms with Gasteiger partial charge in [0.05, 0.1) is 6.10 Å². The van der Waals surface area contributed by atoms with Gasteiger partial charge >= 0.3 is 0 Å². The van der Waals surface area contributed by atoms with Crippen LogP contribution in [0.5, 0.6) is 0 Å². The summed E-state index contributed by atoms with van der Waals surface area (Å²) in [7, 11) is 0. The maximum Gasteiger partial charge on any atom is 0.0845 e. The first-order chi connectivity index (χ1) is 8.15. The molecule has 0 spiro atoms. The van der Waals surface area contributed by atoms with Crippen LogP contribution in [0.15, 0.2) is 47.2 Å². The second-order valence-electron chi connectivity index (χ2n) is 4.14. The van der Waals surface area contributed by atoms with Crippen LogP contribution in [0.25, 0.3) is 0 Å². The Morgan fingerprint density at radius 3 is 2.59 bits per heavy atom. The highest BCUT2D eigenvalue weighted by Crippen LogP contribution is 2.19. The third-order valence-electron chi connectivity index (χ3n) is 2.62. The van der Waals surface area contributed by atoms with Crippen molar-refractivity contribution in [3.05, 3.63) is 63.9 Å². The van der Waals surface area contributed by atoms with E-state index in [1.54, 1.807) is 12.4 Å². The molecule has 0 saturated carbocycles. The first-order valence-corrected chi connectivity index (χ1v) is 6.28. The largest absolute Gasteiger partial charge is 0.388 e. The highest BCUT2D eigenvalue weighted by molar-refractivity contribution is 9.10. The summed E-state index contributed by atoms with van der Waals surface area (Å²) in [4.78, 5) is 4.09. The van der Waals surface area contributed by atoms with Crippen LogP contribution in [-0.4, -0.2) is 10.1 Å². The molecule has 1 unspecified atom stereocenters. The molecule has 0 radical (unpaired) electrons. The summed E-state index contributed by atoms with van der Waals surface area (Å²) in [5, 5.41) is 10.1. The summed E-state index contributed by atoms with van der Waals surface area (Å²) in [6.07, 6.45) is 3.62. The number of aromatic nitrogens is 1. The van der Waals surface area contributed by atoms with Gasteiger partial charge in [-0.05, 0) is 35.7 Å². The number of nitrogens with zero attached hydrogens (tertiary/aromatic N) is 1. The van der Waals surface area contributed by atoms with Crippen molar-refractivity contribution in [2.75, 3.05) is 0 Å². The van der Waals surface area contributed by atoms with Crippen LogP contribution in [0.3, 0.4) is 0 Å². The molecule has 88 valence electrons. The summed E-state index contributed by atoms with van der Waals surface area (Å²) in [5.41, 5.74) is 3.05. The van der Waals surface area contributed by atoms with E-state index < -0.39 is 6.10 Å². The fourth-order valence-corrected chi connectivity index (χ4v) is 1.99.